The molecule has 0 bridgehead atoms. The maximum atomic E-state index is 12.3. The number of Topliss-reactive ketones (excluding diaryl/α,β-unsaturated/α-hetero) is 1. The minimum Gasteiger partial charge on any atom is -0.389 e. The minimum absolute atomic E-state index is 0.0596. The van der Waals surface area contributed by atoms with E-state index in [-0.39, 0.29) is 17.9 Å². The van der Waals surface area contributed by atoms with Gasteiger partial charge in [-0.2, -0.15) is 0 Å². The number of fused-ring (bicyclic) bond motifs is 1. The molecule has 0 aliphatic heterocycles. The van der Waals surface area contributed by atoms with Crippen LogP contribution in [0.25, 0.3) is 0 Å². The van der Waals surface area contributed by atoms with Gasteiger partial charge < -0.3 is 9.63 Å². The SMILES string of the molecule is CC(=O)[C@@H]1[C@H](c2cccc([N+](=O)[O-])c2)c2c(noc2C)C[C@@]1(C)O. The van der Waals surface area contributed by atoms with Crippen molar-refractivity contribution in [1.29, 1.82) is 0 Å². The number of non-ortho nitro benzene ring substituents is 1. The van der Waals surface area contributed by atoms with Crippen LogP contribution in [0.15, 0.2) is 28.8 Å². The average Bonchev–Trinajstić information content (AvgIpc) is 2.85. The normalized spacial score (nSPS) is 26.0. The Morgan fingerprint density at radius 1 is 1.50 bits per heavy atom. The molecule has 1 aromatic heterocycles. The first kappa shape index (κ1) is 16.3. The number of nitro groups is 1. The van der Waals surface area contributed by atoms with Crippen LogP contribution in [0, 0.1) is 23.0 Å². The summed E-state index contributed by atoms with van der Waals surface area (Å²) in [7, 11) is 0. The van der Waals surface area contributed by atoms with E-state index in [9.17, 15) is 20.0 Å². The second-order valence-electron chi connectivity index (χ2n) is 6.55. The van der Waals surface area contributed by atoms with Gasteiger partial charge in [0.15, 0.2) is 0 Å². The molecule has 3 atom stereocenters. The number of carbonyl (C=O) groups is 1. The molecule has 1 aromatic carbocycles. The second kappa shape index (κ2) is 5.52. The lowest BCUT2D eigenvalue weighted by molar-refractivity contribution is -0.384. The predicted octanol–water partition coefficient (Wildman–Crippen LogP) is 2.54. The molecule has 24 heavy (non-hydrogen) atoms. The van der Waals surface area contributed by atoms with E-state index >= 15 is 0 Å². The van der Waals surface area contributed by atoms with Crippen molar-refractivity contribution >= 4 is 11.5 Å². The largest absolute Gasteiger partial charge is 0.389 e. The summed E-state index contributed by atoms with van der Waals surface area (Å²) < 4.78 is 5.26. The molecular formula is C17H18N2O5. The molecular weight excluding hydrogens is 312 g/mol. The number of aliphatic hydroxyl groups is 1. The van der Waals surface area contributed by atoms with Crippen LogP contribution in [0.3, 0.4) is 0 Å². The summed E-state index contributed by atoms with van der Waals surface area (Å²) >= 11 is 0. The highest BCUT2D eigenvalue weighted by Crippen LogP contribution is 2.47. The number of carbonyl (C=O) groups excluding carboxylic acids is 1. The molecule has 0 fully saturated rings. The molecule has 1 aliphatic rings. The lowest BCUT2D eigenvalue weighted by atomic mass is 9.64. The number of ketones is 1. The zero-order valence-electron chi connectivity index (χ0n) is 13.6. The van der Waals surface area contributed by atoms with Crippen molar-refractivity contribution in [3.05, 3.63) is 57.0 Å². The molecule has 3 rings (SSSR count). The third-order valence-corrected chi connectivity index (χ3v) is 4.70. The monoisotopic (exact) mass is 330 g/mol. The molecule has 1 heterocycles. The molecule has 0 saturated heterocycles. The molecule has 0 radical (unpaired) electrons. The van der Waals surface area contributed by atoms with Gasteiger partial charge in [-0.3, -0.25) is 14.9 Å². The number of hydrogen-bond donors (Lipinski definition) is 1. The third-order valence-electron chi connectivity index (χ3n) is 4.70. The first-order valence-electron chi connectivity index (χ1n) is 7.64. The van der Waals surface area contributed by atoms with E-state index in [1.807, 2.05) is 0 Å². The van der Waals surface area contributed by atoms with Crippen molar-refractivity contribution in [2.75, 3.05) is 0 Å². The molecule has 0 amide bonds. The molecule has 7 nitrogen and oxygen atoms in total. The first-order chi connectivity index (χ1) is 11.2. The molecule has 2 aromatic rings. The highest BCUT2D eigenvalue weighted by Gasteiger charge is 2.49. The molecule has 126 valence electrons. The van der Waals surface area contributed by atoms with E-state index in [0.717, 1.165) is 5.56 Å². The number of aromatic nitrogens is 1. The van der Waals surface area contributed by atoms with Crippen LogP contribution in [0.1, 0.15) is 42.3 Å². The summed E-state index contributed by atoms with van der Waals surface area (Å²) in [5.41, 5.74) is 0.554. The Morgan fingerprint density at radius 2 is 2.21 bits per heavy atom. The molecule has 0 unspecified atom stereocenters. The average molecular weight is 330 g/mol. The van der Waals surface area contributed by atoms with Crippen LogP contribution in [-0.4, -0.2) is 26.6 Å². The van der Waals surface area contributed by atoms with Crippen molar-refractivity contribution in [1.82, 2.24) is 5.16 Å². The summed E-state index contributed by atoms with van der Waals surface area (Å²) in [6.45, 7) is 4.76. The fourth-order valence-electron chi connectivity index (χ4n) is 3.79. The number of nitro benzene ring substituents is 1. The summed E-state index contributed by atoms with van der Waals surface area (Å²) in [6, 6.07) is 6.15. The number of rotatable bonds is 3. The Balaban J connectivity index is 2.24. The number of aryl methyl sites for hydroxylation is 1. The minimum atomic E-state index is -1.31. The Bertz CT molecular complexity index is 824. The standard InChI is InChI=1S/C17H18N2O5/c1-9(20)16-15(11-5-4-6-12(7-11)19(22)23)14-10(2)24-18-13(14)8-17(16,3)21/h4-7,15-16,21H,8H2,1-3H3/t15-,16-,17-/m1/s1. The zero-order valence-corrected chi connectivity index (χ0v) is 13.6. The summed E-state index contributed by atoms with van der Waals surface area (Å²) in [5.74, 6) is -0.886. The maximum absolute atomic E-state index is 12.3. The van der Waals surface area contributed by atoms with E-state index in [2.05, 4.69) is 5.16 Å². The van der Waals surface area contributed by atoms with Gasteiger partial charge in [-0.1, -0.05) is 17.3 Å². The van der Waals surface area contributed by atoms with Crippen LogP contribution < -0.4 is 0 Å². The van der Waals surface area contributed by atoms with Crippen LogP contribution in [0.5, 0.6) is 0 Å². The number of nitrogens with zero attached hydrogens (tertiary/aromatic N) is 2. The van der Waals surface area contributed by atoms with Crippen LogP contribution >= 0.6 is 0 Å². The molecule has 0 saturated carbocycles. The highest BCUT2D eigenvalue weighted by molar-refractivity contribution is 5.82. The molecule has 1 N–H and O–H groups in total. The predicted molar refractivity (Wildman–Crippen MR) is 84.7 cm³/mol. The van der Waals surface area contributed by atoms with Crippen molar-refractivity contribution in [2.45, 2.75) is 38.7 Å². The van der Waals surface area contributed by atoms with Gasteiger partial charge in [0.2, 0.25) is 0 Å². The van der Waals surface area contributed by atoms with Crippen molar-refractivity contribution in [3.8, 4) is 0 Å². The lowest BCUT2D eigenvalue weighted by Crippen LogP contribution is -2.48. The summed E-state index contributed by atoms with van der Waals surface area (Å²) in [6.07, 6.45) is 0.204. The first-order valence-corrected chi connectivity index (χ1v) is 7.64. The van der Waals surface area contributed by atoms with Gasteiger partial charge in [0, 0.05) is 30.0 Å². The van der Waals surface area contributed by atoms with E-state index in [4.69, 9.17) is 4.52 Å². The van der Waals surface area contributed by atoms with Crippen molar-refractivity contribution in [3.63, 3.8) is 0 Å². The van der Waals surface area contributed by atoms with Crippen molar-refractivity contribution in [2.24, 2.45) is 5.92 Å². The van der Waals surface area contributed by atoms with Gasteiger partial charge in [-0.15, -0.1) is 0 Å². The van der Waals surface area contributed by atoms with Gasteiger partial charge in [0.05, 0.1) is 22.1 Å². The smallest absolute Gasteiger partial charge is 0.269 e. The molecule has 0 spiro atoms. The van der Waals surface area contributed by atoms with Gasteiger partial charge in [0.25, 0.3) is 5.69 Å². The maximum Gasteiger partial charge on any atom is 0.269 e. The fraction of sp³-hybridized carbons (Fsp3) is 0.412. The Kier molecular flexibility index (Phi) is 3.76. The van der Waals surface area contributed by atoms with E-state index in [0.29, 0.717) is 17.0 Å². The van der Waals surface area contributed by atoms with E-state index in [1.54, 1.807) is 26.0 Å². The second-order valence-corrected chi connectivity index (χ2v) is 6.55. The third kappa shape index (κ3) is 2.50. The fourth-order valence-corrected chi connectivity index (χ4v) is 3.79. The molecule has 7 heteroatoms. The van der Waals surface area contributed by atoms with Crippen molar-refractivity contribution < 1.29 is 19.3 Å². The van der Waals surface area contributed by atoms with Gasteiger partial charge in [-0.25, -0.2) is 0 Å². The van der Waals surface area contributed by atoms with Gasteiger partial charge in [0.1, 0.15) is 11.5 Å². The Morgan fingerprint density at radius 3 is 2.83 bits per heavy atom. The number of hydrogen-bond acceptors (Lipinski definition) is 6. The lowest BCUT2D eigenvalue weighted by Gasteiger charge is -2.40. The van der Waals surface area contributed by atoms with E-state index in [1.165, 1.54) is 19.1 Å². The topological polar surface area (TPSA) is 106 Å². The van der Waals surface area contributed by atoms with Gasteiger partial charge in [-0.05, 0) is 26.3 Å². The van der Waals surface area contributed by atoms with Crippen LogP contribution in [0.2, 0.25) is 0 Å². The zero-order chi connectivity index (χ0) is 17.6. The quantitative estimate of drug-likeness (QED) is 0.684. The molecule has 1 aliphatic carbocycles. The van der Waals surface area contributed by atoms with Gasteiger partial charge >= 0.3 is 0 Å². The van der Waals surface area contributed by atoms with E-state index < -0.39 is 22.4 Å². The summed E-state index contributed by atoms with van der Waals surface area (Å²) in [5, 5.41) is 25.9. The highest BCUT2D eigenvalue weighted by atomic mass is 16.6. The number of benzene rings is 1. The summed E-state index contributed by atoms with van der Waals surface area (Å²) in [4.78, 5) is 22.9. The van der Waals surface area contributed by atoms with Crippen LogP contribution in [0.4, 0.5) is 5.69 Å². The van der Waals surface area contributed by atoms with Crippen LogP contribution in [-0.2, 0) is 11.2 Å². The Labute approximate surface area is 138 Å². The Hall–Kier alpha value is -2.54.